The lowest BCUT2D eigenvalue weighted by atomic mass is 10.2. The molecule has 0 saturated heterocycles. The van der Waals surface area contributed by atoms with E-state index in [0.717, 1.165) is 17.0 Å². The highest BCUT2D eigenvalue weighted by atomic mass is 16.6. The summed E-state index contributed by atoms with van der Waals surface area (Å²) in [6.45, 7) is 1.98. The van der Waals surface area contributed by atoms with E-state index < -0.39 is 10.9 Å². The number of nitro benzene ring substituents is 1. The van der Waals surface area contributed by atoms with Gasteiger partial charge in [0.25, 0.3) is 5.69 Å². The van der Waals surface area contributed by atoms with Gasteiger partial charge >= 0.3 is 5.97 Å². The molecular weight excluding hydrogens is 322 g/mol. The van der Waals surface area contributed by atoms with Gasteiger partial charge in [0, 0.05) is 24.4 Å². The third kappa shape index (κ3) is 3.72. The maximum atomic E-state index is 11.9. The number of fused-ring (bicyclic) bond motifs is 1. The Bertz CT molecular complexity index is 958. The van der Waals surface area contributed by atoms with E-state index in [4.69, 9.17) is 4.74 Å². The lowest BCUT2D eigenvalue weighted by Gasteiger charge is -2.03. The standard InChI is InChI=1S/C18H15N3O4/c1-13-16(20-11-3-2-4-17(20)19-13)12-25-18(22)10-7-14-5-8-15(9-6-14)21(23)24/h2-11H,12H2,1H3/b10-7+. The van der Waals surface area contributed by atoms with Gasteiger partial charge in [-0.3, -0.25) is 10.1 Å². The van der Waals surface area contributed by atoms with Gasteiger partial charge in [-0.05, 0) is 42.8 Å². The van der Waals surface area contributed by atoms with E-state index in [1.165, 1.54) is 18.2 Å². The van der Waals surface area contributed by atoms with E-state index in [0.29, 0.717) is 5.56 Å². The van der Waals surface area contributed by atoms with E-state index in [2.05, 4.69) is 4.98 Å². The van der Waals surface area contributed by atoms with Crippen LogP contribution in [0.15, 0.2) is 54.7 Å². The fourth-order valence-electron chi connectivity index (χ4n) is 2.40. The van der Waals surface area contributed by atoms with Crippen LogP contribution in [-0.4, -0.2) is 20.3 Å². The Hall–Kier alpha value is -3.48. The summed E-state index contributed by atoms with van der Waals surface area (Å²) in [5.74, 6) is -0.497. The highest BCUT2D eigenvalue weighted by Crippen LogP contribution is 2.14. The fourth-order valence-corrected chi connectivity index (χ4v) is 2.40. The molecule has 126 valence electrons. The number of nitrogens with zero attached hydrogens (tertiary/aromatic N) is 3. The zero-order valence-corrected chi connectivity index (χ0v) is 13.5. The van der Waals surface area contributed by atoms with Gasteiger partial charge in [0.1, 0.15) is 12.3 Å². The van der Waals surface area contributed by atoms with Crippen molar-refractivity contribution < 1.29 is 14.5 Å². The molecule has 0 saturated carbocycles. The Kier molecular flexibility index (Phi) is 4.56. The van der Waals surface area contributed by atoms with Crippen LogP contribution in [0.3, 0.4) is 0 Å². The lowest BCUT2D eigenvalue weighted by molar-refractivity contribution is -0.384. The third-order valence-electron chi connectivity index (χ3n) is 3.70. The smallest absolute Gasteiger partial charge is 0.331 e. The van der Waals surface area contributed by atoms with Crippen molar-refractivity contribution in [3.63, 3.8) is 0 Å². The van der Waals surface area contributed by atoms with Crippen LogP contribution in [0, 0.1) is 17.0 Å². The van der Waals surface area contributed by atoms with Crippen molar-refractivity contribution in [2.24, 2.45) is 0 Å². The Morgan fingerprint density at radius 1 is 1.28 bits per heavy atom. The number of aromatic nitrogens is 2. The maximum absolute atomic E-state index is 11.9. The van der Waals surface area contributed by atoms with Crippen molar-refractivity contribution in [1.29, 1.82) is 0 Å². The number of rotatable bonds is 5. The number of hydrogen-bond acceptors (Lipinski definition) is 5. The molecule has 0 spiro atoms. The highest BCUT2D eigenvalue weighted by Gasteiger charge is 2.10. The summed E-state index contributed by atoms with van der Waals surface area (Å²) in [5.41, 5.74) is 3.09. The number of nitro groups is 1. The molecule has 0 aliphatic rings. The number of carbonyl (C=O) groups excluding carboxylic acids is 1. The first-order valence-electron chi connectivity index (χ1n) is 7.56. The minimum atomic E-state index is -0.497. The monoisotopic (exact) mass is 337 g/mol. The molecule has 0 aliphatic heterocycles. The molecule has 0 unspecified atom stereocenters. The minimum absolute atomic E-state index is 0.00260. The average molecular weight is 337 g/mol. The highest BCUT2D eigenvalue weighted by molar-refractivity contribution is 5.87. The Balaban J connectivity index is 1.64. The van der Waals surface area contributed by atoms with Crippen LogP contribution < -0.4 is 0 Å². The van der Waals surface area contributed by atoms with Crippen LogP contribution in [0.25, 0.3) is 11.7 Å². The first kappa shape index (κ1) is 16.4. The van der Waals surface area contributed by atoms with E-state index in [9.17, 15) is 14.9 Å². The number of hydrogen-bond donors (Lipinski definition) is 0. The van der Waals surface area contributed by atoms with Gasteiger partial charge in [-0.25, -0.2) is 9.78 Å². The molecule has 0 N–H and O–H groups in total. The van der Waals surface area contributed by atoms with E-state index >= 15 is 0 Å². The van der Waals surface area contributed by atoms with Crippen molar-refractivity contribution in [2.45, 2.75) is 13.5 Å². The van der Waals surface area contributed by atoms with E-state index in [-0.39, 0.29) is 12.3 Å². The van der Waals surface area contributed by atoms with Gasteiger partial charge in [-0.1, -0.05) is 6.07 Å². The molecule has 7 nitrogen and oxygen atoms in total. The molecule has 3 aromatic rings. The van der Waals surface area contributed by atoms with Crippen LogP contribution in [0.2, 0.25) is 0 Å². The summed E-state index contributed by atoms with van der Waals surface area (Å²) in [4.78, 5) is 26.4. The van der Waals surface area contributed by atoms with Crippen LogP contribution >= 0.6 is 0 Å². The number of ether oxygens (including phenoxy) is 1. The number of pyridine rings is 1. The number of carbonyl (C=O) groups is 1. The molecule has 0 bridgehead atoms. The number of non-ortho nitro benzene ring substituents is 1. The van der Waals surface area contributed by atoms with Crippen molar-refractivity contribution in [2.75, 3.05) is 0 Å². The summed E-state index contributed by atoms with van der Waals surface area (Å²) in [6, 6.07) is 11.6. The zero-order valence-electron chi connectivity index (χ0n) is 13.5. The van der Waals surface area contributed by atoms with Gasteiger partial charge in [0.05, 0.1) is 16.3 Å². The van der Waals surface area contributed by atoms with Crippen molar-refractivity contribution in [3.8, 4) is 0 Å². The van der Waals surface area contributed by atoms with Crippen molar-refractivity contribution >= 4 is 23.4 Å². The van der Waals surface area contributed by atoms with Crippen LogP contribution in [0.4, 0.5) is 5.69 Å². The Labute approximate surface area is 143 Å². The van der Waals surface area contributed by atoms with E-state index in [1.54, 1.807) is 18.2 Å². The first-order valence-corrected chi connectivity index (χ1v) is 7.56. The molecule has 7 heteroatoms. The van der Waals surface area contributed by atoms with Crippen molar-refractivity contribution in [1.82, 2.24) is 9.38 Å². The van der Waals surface area contributed by atoms with E-state index in [1.807, 2.05) is 35.7 Å². The second-order valence-corrected chi connectivity index (χ2v) is 5.36. The number of esters is 1. The van der Waals surface area contributed by atoms with Gasteiger partial charge in [-0.2, -0.15) is 0 Å². The zero-order chi connectivity index (χ0) is 17.8. The lowest BCUT2D eigenvalue weighted by Crippen LogP contribution is -2.04. The molecule has 2 heterocycles. The second-order valence-electron chi connectivity index (χ2n) is 5.36. The van der Waals surface area contributed by atoms with Crippen LogP contribution in [0.1, 0.15) is 17.0 Å². The number of imidazole rings is 1. The summed E-state index contributed by atoms with van der Waals surface area (Å²) in [5, 5.41) is 10.6. The normalized spacial score (nSPS) is 11.1. The molecule has 0 atom stereocenters. The van der Waals surface area contributed by atoms with Crippen LogP contribution in [0.5, 0.6) is 0 Å². The van der Waals surface area contributed by atoms with Crippen molar-refractivity contribution in [3.05, 3.63) is 81.8 Å². The largest absolute Gasteiger partial charge is 0.456 e. The SMILES string of the molecule is Cc1nc2ccccn2c1COC(=O)/C=C/c1ccc([N+](=O)[O-])cc1. The summed E-state index contributed by atoms with van der Waals surface area (Å²) >= 11 is 0. The number of benzene rings is 1. The average Bonchev–Trinajstić information content (AvgIpc) is 2.93. The molecule has 1 aromatic carbocycles. The molecular formula is C18H15N3O4. The second kappa shape index (κ2) is 6.96. The molecule has 0 aliphatic carbocycles. The molecule has 3 rings (SSSR count). The maximum Gasteiger partial charge on any atom is 0.331 e. The quantitative estimate of drug-likeness (QED) is 0.308. The molecule has 0 radical (unpaired) electrons. The third-order valence-corrected chi connectivity index (χ3v) is 3.70. The first-order chi connectivity index (χ1) is 12.0. The molecule has 25 heavy (non-hydrogen) atoms. The van der Waals surface area contributed by atoms with Gasteiger partial charge in [-0.15, -0.1) is 0 Å². The number of aryl methyl sites for hydroxylation is 1. The molecule has 0 fully saturated rings. The fraction of sp³-hybridized carbons (Fsp3) is 0.111. The summed E-state index contributed by atoms with van der Waals surface area (Å²) in [6.07, 6.45) is 4.71. The van der Waals surface area contributed by atoms with Gasteiger partial charge < -0.3 is 9.14 Å². The molecule has 2 aromatic heterocycles. The van der Waals surface area contributed by atoms with Gasteiger partial charge in [0.2, 0.25) is 0 Å². The Morgan fingerprint density at radius 2 is 2.04 bits per heavy atom. The summed E-state index contributed by atoms with van der Waals surface area (Å²) in [7, 11) is 0. The molecule has 0 amide bonds. The Morgan fingerprint density at radius 3 is 2.76 bits per heavy atom. The minimum Gasteiger partial charge on any atom is -0.456 e. The predicted molar refractivity (Wildman–Crippen MR) is 91.9 cm³/mol. The topological polar surface area (TPSA) is 86.7 Å². The predicted octanol–water partition coefficient (Wildman–Crippen LogP) is 3.31. The van der Waals surface area contributed by atoms with Gasteiger partial charge in [0.15, 0.2) is 0 Å². The summed E-state index contributed by atoms with van der Waals surface area (Å²) < 4.78 is 7.14. The van der Waals surface area contributed by atoms with Crippen LogP contribution in [-0.2, 0) is 16.1 Å².